The molecule has 0 bridgehead atoms. The van der Waals surface area contributed by atoms with Gasteiger partial charge in [0, 0.05) is 13.9 Å². The minimum atomic E-state index is -0.660. The van der Waals surface area contributed by atoms with Gasteiger partial charge < -0.3 is 9.47 Å². The molecule has 0 aliphatic heterocycles. The van der Waals surface area contributed by atoms with Crippen LogP contribution < -0.4 is 0 Å². The predicted molar refractivity (Wildman–Crippen MR) is 70.7 cm³/mol. The smallest absolute Gasteiger partial charge is 0.0827 e. The molecule has 0 amide bonds. The lowest BCUT2D eigenvalue weighted by Gasteiger charge is -2.23. The Morgan fingerprint density at radius 2 is 1.27 bits per heavy atom. The van der Waals surface area contributed by atoms with Crippen LogP contribution in [0.4, 0.5) is 0 Å². The van der Waals surface area contributed by atoms with Crippen LogP contribution >= 0.6 is 7.26 Å². The summed E-state index contributed by atoms with van der Waals surface area (Å²) in [5.74, 6) is 0. The molecule has 0 aromatic rings. The molecule has 0 atom stereocenters. The molecule has 0 aliphatic rings. The molecule has 0 aromatic heterocycles. The molecule has 0 unspecified atom stereocenters. The maximum Gasteiger partial charge on any atom is 0.0827 e. The van der Waals surface area contributed by atoms with Crippen LogP contribution in [-0.4, -0.2) is 51.1 Å². The highest BCUT2D eigenvalue weighted by atomic mass is 31.2. The number of hydrogen-bond acceptors (Lipinski definition) is 2. The largest absolute Gasteiger partial charge is 0.379 e. The van der Waals surface area contributed by atoms with Crippen molar-refractivity contribution in [2.75, 3.05) is 51.1 Å². The second-order valence-corrected chi connectivity index (χ2v) is 8.85. The van der Waals surface area contributed by atoms with Crippen molar-refractivity contribution in [3.05, 3.63) is 0 Å². The molecular weight excluding hydrogens is 207 g/mol. The average Bonchev–Trinajstić information content (AvgIpc) is 2.29. The van der Waals surface area contributed by atoms with Gasteiger partial charge >= 0.3 is 0 Å². The zero-order chi connectivity index (χ0) is 11.6. The SMILES string of the molecule is CCOCCOCC[P+](CC)(CC)CC. The summed E-state index contributed by atoms with van der Waals surface area (Å²) in [6.07, 6.45) is 5.40. The van der Waals surface area contributed by atoms with Gasteiger partial charge in [0.2, 0.25) is 0 Å². The van der Waals surface area contributed by atoms with Gasteiger partial charge in [0.15, 0.2) is 0 Å². The molecule has 0 aromatic carbocycles. The van der Waals surface area contributed by atoms with Crippen molar-refractivity contribution in [3.8, 4) is 0 Å². The van der Waals surface area contributed by atoms with Crippen LogP contribution in [0.3, 0.4) is 0 Å². The monoisotopic (exact) mass is 235 g/mol. The van der Waals surface area contributed by atoms with Gasteiger partial charge in [-0.3, -0.25) is 0 Å². The average molecular weight is 235 g/mol. The second kappa shape index (κ2) is 9.57. The molecule has 0 saturated carbocycles. The van der Waals surface area contributed by atoms with E-state index in [1.54, 1.807) is 0 Å². The molecule has 2 nitrogen and oxygen atoms in total. The van der Waals surface area contributed by atoms with Gasteiger partial charge in [0.1, 0.15) is 0 Å². The van der Waals surface area contributed by atoms with Crippen molar-refractivity contribution in [2.45, 2.75) is 27.7 Å². The van der Waals surface area contributed by atoms with Crippen LogP contribution in [0.2, 0.25) is 0 Å². The summed E-state index contributed by atoms with van der Waals surface area (Å²) in [5.41, 5.74) is 0. The fraction of sp³-hybridized carbons (Fsp3) is 1.00. The van der Waals surface area contributed by atoms with E-state index >= 15 is 0 Å². The molecular formula is C12H28O2P+. The number of hydrogen-bond donors (Lipinski definition) is 0. The highest BCUT2D eigenvalue weighted by molar-refractivity contribution is 7.75. The van der Waals surface area contributed by atoms with Gasteiger partial charge in [0.25, 0.3) is 0 Å². The lowest BCUT2D eigenvalue weighted by atomic mass is 10.7. The van der Waals surface area contributed by atoms with E-state index in [-0.39, 0.29) is 0 Å². The molecule has 3 heteroatoms. The molecule has 0 rings (SSSR count). The third-order valence-corrected chi connectivity index (χ3v) is 8.45. The van der Waals surface area contributed by atoms with Crippen LogP contribution in [0.15, 0.2) is 0 Å². The Kier molecular flexibility index (Phi) is 9.79. The molecule has 92 valence electrons. The van der Waals surface area contributed by atoms with Gasteiger partial charge in [0.05, 0.1) is 44.5 Å². The Bertz CT molecular complexity index is 127. The fourth-order valence-electron chi connectivity index (χ4n) is 1.77. The summed E-state index contributed by atoms with van der Waals surface area (Å²) < 4.78 is 10.8. The zero-order valence-electron chi connectivity index (χ0n) is 10.9. The lowest BCUT2D eigenvalue weighted by molar-refractivity contribution is 0.0591. The highest BCUT2D eigenvalue weighted by Crippen LogP contribution is 2.57. The Hall–Kier alpha value is 0.350. The minimum absolute atomic E-state index is 0.660. The summed E-state index contributed by atoms with van der Waals surface area (Å²) in [4.78, 5) is 0. The first-order chi connectivity index (χ1) is 7.24. The standard InChI is InChI=1S/C12H28O2P/c1-5-13-9-10-14-11-12-15(6-2,7-3)8-4/h5-12H2,1-4H3/q+1. The van der Waals surface area contributed by atoms with Gasteiger partial charge in [-0.15, -0.1) is 0 Å². The summed E-state index contributed by atoms with van der Waals surface area (Å²) >= 11 is 0. The quantitative estimate of drug-likeness (QED) is 0.428. The lowest BCUT2D eigenvalue weighted by Crippen LogP contribution is -2.14. The first-order valence-corrected chi connectivity index (χ1v) is 8.78. The first-order valence-electron chi connectivity index (χ1n) is 6.25. The number of rotatable bonds is 10. The second-order valence-electron chi connectivity index (χ2n) is 3.82. The minimum Gasteiger partial charge on any atom is -0.379 e. The maximum absolute atomic E-state index is 5.60. The molecule has 0 aliphatic carbocycles. The Labute approximate surface area is 96.1 Å². The summed E-state index contributed by atoms with van der Waals surface area (Å²) in [6.45, 7) is 12.2. The Morgan fingerprint density at radius 1 is 0.733 bits per heavy atom. The summed E-state index contributed by atoms with van der Waals surface area (Å²) in [5, 5.41) is 0. The van der Waals surface area contributed by atoms with E-state index in [9.17, 15) is 0 Å². The van der Waals surface area contributed by atoms with Crippen LogP contribution in [0.5, 0.6) is 0 Å². The molecule has 0 radical (unpaired) electrons. The predicted octanol–water partition coefficient (Wildman–Crippen LogP) is 3.12. The van der Waals surface area contributed by atoms with Gasteiger partial charge in [-0.2, -0.15) is 0 Å². The zero-order valence-corrected chi connectivity index (χ0v) is 11.8. The Morgan fingerprint density at radius 3 is 1.73 bits per heavy atom. The summed E-state index contributed by atoms with van der Waals surface area (Å²) in [7, 11) is -0.660. The summed E-state index contributed by atoms with van der Waals surface area (Å²) in [6, 6.07) is 0. The number of ether oxygens (including phenoxy) is 2. The van der Waals surface area contributed by atoms with E-state index in [1.807, 2.05) is 6.92 Å². The van der Waals surface area contributed by atoms with E-state index in [0.717, 1.165) is 26.4 Å². The normalized spacial score (nSPS) is 12.0. The molecule has 15 heavy (non-hydrogen) atoms. The van der Waals surface area contributed by atoms with Gasteiger partial charge in [-0.1, -0.05) is 0 Å². The third kappa shape index (κ3) is 6.50. The van der Waals surface area contributed by atoms with E-state index in [4.69, 9.17) is 9.47 Å². The first kappa shape index (κ1) is 15.3. The van der Waals surface area contributed by atoms with Crippen molar-refractivity contribution in [3.63, 3.8) is 0 Å². The van der Waals surface area contributed by atoms with Crippen LogP contribution in [0.25, 0.3) is 0 Å². The fourth-order valence-corrected chi connectivity index (χ4v) is 4.57. The van der Waals surface area contributed by atoms with Crippen LogP contribution in [0.1, 0.15) is 27.7 Å². The van der Waals surface area contributed by atoms with Crippen LogP contribution in [0, 0.1) is 0 Å². The molecule has 0 fully saturated rings. The van der Waals surface area contributed by atoms with Crippen molar-refractivity contribution < 1.29 is 9.47 Å². The van der Waals surface area contributed by atoms with Gasteiger partial charge in [-0.25, -0.2) is 0 Å². The Balaban J connectivity index is 3.54. The third-order valence-electron chi connectivity index (χ3n) is 3.30. The molecule has 0 N–H and O–H groups in total. The van der Waals surface area contributed by atoms with E-state index in [1.165, 1.54) is 24.6 Å². The molecule has 0 heterocycles. The van der Waals surface area contributed by atoms with Crippen LogP contribution in [-0.2, 0) is 9.47 Å². The van der Waals surface area contributed by atoms with Crippen molar-refractivity contribution >= 4 is 7.26 Å². The molecule has 0 saturated heterocycles. The van der Waals surface area contributed by atoms with Crippen molar-refractivity contribution in [1.29, 1.82) is 0 Å². The highest BCUT2D eigenvalue weighted by Gasteiger charge is 2.30. The van der Waals surface area contributed by atoms with E-state index in [0.29, 0.717) is 0 Å². The van der Waals surface area contributed by atoms with E-state index < -0.39 is 7.26 Å². The van der Waals surface area contributed by atoms with Crippen molar-refractivity contribution in [2.24, 2.45) is 0 Å². The van der Waals surface area contributed by atoms with E-state index in [2.05, 4.69) is 20.8 Å². The van der Waals surface area contributed by atoms with Gasteiger partial charge in [-0.05, 0) is 27.7 Å². The maximum atomic E-state index is 5.60. The molecule has 0 spiro atoms. The van der Waals surface area contributed by atoms with Crippen molar-refractivity contribution in [1.82, 2.24) is 0 Å². The topological polar surface area (TPSA) is 18.5 Å².